The number of nitrogens with one attached hydrogen (secondary N) is 1. The molecule has 0 bridgehead atoms. The molecule has 112 valence electrons. The van der Waals surface area contributed by atoms with Crippen LogP contribution < -0.4 is 11.1 Å². The number of urea groups is 1. The van der Waals surface area contributed by atoms with Crippen molar-refractivity contribution in [1.29, 1.82) is 0 Å². The number of hydrogen-bond donors (Lipinski definition) is 2. The van der Waals surface area contributed by atoms with Crippen LogP contribution in [0.5, 0.6) is 0 Å². The van der Waals surface area contributed by atoms with E-state index < -0.39 is 0 Å². The van der Waals surface area contributed by atoms with Gasteiger partial charge in [0.25, 0.3) is 5.91 Å². The second kappa shape index (κ2) is 5.61. The molecule has 0 radical (unpaired) electrons. The molecule has 21 heavy (non-hydrogen) atoms. The lowest BCUT2D eigenvalue weighted by Crippen LogP contribution is -2.27. The molecule has 3 N–H and O–H groups in total. The third-order valence-electron chi connectivity index (χ3n) is 2.57. The zero-order valence-electron chi connectivity index (χ0n) is 11.9. The van der Waals surface area contributed by atoms with E-state index in [9.17, 15) is 9.59 Å². The summed E-state index contributed by atoms with van der Waals surface area (Å²) in [5, 5.41) is 14.0. The van der Waals surface area contributed by atoms with E-state index >= 15 is 0 Å². The maximum Gasteiger partial charge on any atom is 0.322 e. The fourth-order valence-electron chi connectivity index (χ4n) is 1.58. The van der Waals surface area contributed by atoms with Crippen LogP contribution in [0, 0.1) is 6.92 Å². The number of carbonyl (C=O) groups excluding carboxylic acids is 2. The largest absolute Gasteiger partial charge is 0.383 e. The van der Waals surface area contributed by atoms with E-state index in [1.165, 1.54) is 15.8 Å². The van der Waals surface area contributed by atoms with Gasteiger partial charge in [0.2, 0.25) is 0 Å². The first-order valence-electron chi connectivity index (χ1n) is 6.10. The quantitative estimate of drug-likeness (QED) is 0.807. The van der Waals surface area contributed by atoms with Crippen LogP contribution in [-0.2, 0) is 6.54 Å². The number of anilines is 2. The zero-order valence-corrected chi connectivity index (χ0v) is 11.9. The Balaban J connectivity index is 2.04. The third-order valence-corrected chi connectivity index (χ3v) is 2.57. The summed E-state index contributed by atoms with van der Waals surface area (Å²) in [7, 11) is 3.21. The summed E-state index contributed by atoms with van der Waals surface area (Å²) < 4.78 is 2.40. The normalized spacial score (nSPS) is 10.4. The maximum atomic E-state index is 12.0. The fourth-order valence-corrected chi connectivity index (χ4v) is 1.58. The van der Waals surface area contributed by atoms with Gasteiger partial charge >= 0.3 is 6.03 Å². The van der Waals surface area contributed by atoms with Crippen LogP contribution in [0.3, 0.4) is 0 Å². The predicted molar refractivity (Wildman–Crippen MR) is 74.7 cm³/mol. The molecule has 2 rings (SSSR count). The monoisotopic (exact) mass is 292 g/mol. The highest BCUT2D eigenvalue weighted by molar-refractivity contribution is 5.87. The molecule has 0 saturated heterocycles. The molecule has 0 atom stereocenters. The van der Waals surface area contributed by atoms with Gasteiger partial charge in [0.1, 0.15) is 12.4 Å². The van der Waals surface area contributed by atoms with Gasteiger partial charge in [-0.1, -0.05) is 5.21 Å². The van der Waals surface area contributed by atoms with E-state index in [4.69, 9.17) is 5.73 Å². The summed E-state index contributed by atoms with van der Waals surface area (Å²) in [6.07, 6.45) is 1.45. The van der Waals surface area contributed by atoms with Crippen molar-refractivity contribution < 1.29 is 9.59 Å². The molecular formula is C11H16N8O2. The van der Waals surface area contributed by atoms with E-state index in [1.54, 1.807) is 27.1 Å². The number of aryl methyl sites for hydroxylation is 1. The van der Waals surface area contributed by atoms with Gasteiger partial charge in [0.15, 0.2) is 5.82 Å². The zero-order chi connectivity index (χ0) is 15.6. The van der Waals surface area contributed by atoms with E-state index in [0.717, 1.165) is 4.68 Å². The smallest absolute Gasteiger partial charge is 0.322 e. The number of rotatable bonds is 3. The molecule has 0 aliphatic carbocycles. The number of amides is 2. The topological polar surface area (TPSA) is 124 Å². The first-order chi connectivity index (χ1) is 9.86. The van der Waals surface area contributed by atoms with Gasteiger partial charge in [-0.3, -0.25) is 10.1 Å². The highest BCUT2D eigenvalue weighted by Gasteiger charge is 2.13. The minimum atomic E-state index is -0.351. The molecule has 0 aromatic carbocycles. The van der Waals surface area contributed by atoms with Crippen LogP contribution in [-0.4, -0.2) is 55.7 Å². The highest BCUT2D eigenvalue weighted by Crippen LogP contribution is 2.06. The molecular weight excluding hydrogens is 276 g/mol. The minimum Gasteiger partial charge on any atom is -0.383 e. The van der Waals surface area contributed by atoms with Gasteiger partial charge in [-0.15, -0.1) is 5.10 Å². The number of nitrogens with zero attached hydrogens (tertiary/aromatic N) is 6. The Kier molecular flexibility index (Phi) is 3.87. The number of nitrogen functional groups attached to an aromatic ring is 1. The Morgan fingerprint density at radius 3 is 2.71 bits per heavy atom. The lowest BCUT2D eigenvalue weighted by molar-refractivity contribution is 0.0872. The second-order valence-electron chi connectivity index (χ2n) is 4.64. The summed E-state index contributed by atoms with van der Waals surface area (Å²) in [6, 6.07) is 1.27. The SMILES string of the molecule is Cc1cc(N)n(C(=O)Cn2cc(NC(=O)N(C)C)nn2)n1. The van der Waals surface area contributed by atoms with Gasteiger partial charge < -0.3 is 10.6 Å². The van der Waals surface area contributed by atoms with Crippen molar-refractivity contribution in [2.75, 3.05) is 25.1 Å². The van der Waals surface area contributed by atoms with Crippen molar-refractivity contribution in [2.24, 2.45) is 0 Å². The summed E-state index contributed by atoms with van der Waals surface area (Å²) in [5.74, 6) is 0.167. The standard InChI is InChI=1S/C11H16N8O2/c1-7-4-8(12)19(15-7)10(20)6-18-5-9(14-16-18)13-11(21)17(2)3/h4-5H,6,12H2,1-3H3,(H,13,21). The lowest BCUT2D eigenvalue weighted by Gasteiger charge is -2.08. The van der Waals surface area contributed by atoms with Crippen LogP contribution in [0.25, 0.3) is 0 Å². The Labute approximate surface area is 120 Å². The average Bonchev–Trinajstić information content (AvgIpc) is 2.95. The molecule has 2 amide bonds. The van der Waals surface area contributed by atoms with Gasteiger partial charge in [-0.25, -0.2) is 9.48 Å². The van der Waals surface area contributed by atoms with Crippen LogP contribution in [0.1, 0.15) is 10.5 Å². The van der Waals surface area contributed by atoms with Crippen LogP contribution in [0.4, 0.5) is 16.4 Å². The van der Waals surface area contributed by atoms with Gasteiger partial charge in [0.05, 0.1) is 11.9 Å². The van der Waals surface area contributed by atoms with Crippen molar-refractivity contribution >= 4 is 23.6 Å². The summed E-state index contributed by atoms with van der Waals surface area (Å²) in [5.41, 5.74) is 6.32. The predicted octanol–water partition coefficient (Wildman–Crippen LogP) is -0.201. The molecule has 0 fully saturated rings. The molecule has 10 nitrogen and oxygen atoms in total. The highest BCUT2D eigenvalue weighted by atomic mass is 16.2. The van der Waals surface area contributed by atoms with Crippen molar-refractivity contribution in [2.45, 2.75) is 13.5 Å². The minimum absolute atomic E-state index is 0.0871. The molecule has 10 heteroatoms. The molecule has 2 heterocycles. The number of hydrogen-bond acceptors (Lipinski definition) is 6. The molecule has 0 saturated carbocycles. The number of aromatic nitrogens is 5. The Bertz CT molecular complexity index is 672. The number of carbonyl (C=O) groups is 2. The van der Waals surface area contributed by atoms with E-state index in [0.29, 0.717) is 5.69 Å². The Morgan fingerprint density at radius 1 is 1.43 bits per heavy atom. The maximum absolute atomic E-state index is 12.0. The molecule has 0 aliphatic rings. The van der Waals surface area contributed by atoms with E-state index in [2.05, 4.69) is 20.7 Å². The summed E-state index contributed by atoms with van der Waals surface area (Å²) >= 11 is 0. The first kappa shape index (κ1) is 14.5. The lowest BCUT2D eigenvalue weighted by atomic mass is 10.5. The van der Waals surface area contributed by atoms with E-state index in [-0.39, 0.29) is 30.1 Å². The van der Waals surface area contributed by atoms with Crippen molar-refractivity contribution in [3.05, 3.63) is 18.0 Å². The van der Waals surface area contributed by atoms with Crippen molar-refractivity contribution in [1.82, 2.24) is 29.7 Å². The van der Waals surface area contributed by atoms with Crippen molar-refractivity contribution in [3.63, 3.8) is 0 Å². The molecule has 0 spiro atoms. The van der Waals surface area contributed by atoms with Gasteiger partial charge in [-0.2, -0.15) is 9.78 Å². The van der Waals surface area contributed by atoms with Gasteiger partial charge in [-0.05, 0) is 6.92 Å². The fraction of sp³-hybridized carbons (Fsp3) is 0.364. The van der Waals surface area contributed by atoms with Crippen LogP contribution >= 0.6 is 0 Å². The van der Waals surface area contributed by atoms with Crippen LogP contribution in [0.15, 0.2) is 12.3 Å². The molecule has 2 aromatic rings. The summed E-state index contributed by atoms with van der Waals surface area (Å²) in [4.78, 5) is 24.8. The summed E-state index contributed by atoms with van der Waals surface area (Å²) in [6.45, 7) is 1.65. The molecule has 0 aliphatic heterocycles. The Morgan fingerprint density at radius 2 is 2.14 bits per heavy atom. The first-order valence-corrected chi connectivity index (χ1v) is 6.10. The van der Waals surface area contributed by atoms with Gasteiger partial charge in [0, 0.05) is 20.2 Å². The van der Waals surface area contributed by atoms with Crippen LogP contribution in [0.2, 0.25) is 0 Å². The number of nitrogens with two attached hydrogens (primary N) is 1. The van der Waals surface area contributed by atoms with Crippen molar-refractivity contribution in [3.8, 4) is 0 Å². The third kappa shape index (κ3) is 3.35. The molecule has 0 unspecified atom stereocenters. The van der Waals surface area contributed by atoms with E-state index in [1.807, 2.05) is 0 Å². The molecule has 2 aromatic heterocycles. The average molecular weight is 292 g/mol. The second-order valence-corrected chi connectivity index (χ2v) is 4.64. The Hall–Kier alpha value is -2.91.